The molecule has 2 aromatic rings. The van der Waals surface area contributed by atoms with E-state index in [-0.39, 0.29) is 18.1 Å². The van der Waals surface area contributed by atoms with Crippen molar-refractivity contribution in [3.05, 3.63) is 40.7 Å². The van der Waals surface area contributed by atoms with Gasteiger partial charge in [0, 0.05) is 20.3 Å². The fraction of sp³-hybridized carbons (Fsp3) is 0.333. The van der Waals surface area contributed by atoms with Gasteiger partial charge < -0.3 is 0 Å². The summed E-state index contributed by atoms with van der Waals surface area (Å²) >= 11 is 0. The highest BCUT2D eigenvalue weighted by Gasteiger charge is 2.14. The first-order valence-electron chi connectivity index (χ1n) is 5.76. The monoisotopic (exact) mass is 261 g/mol. The Kier molecular flexibility index (Phi) is 3.46. The minimum Gasteiger partial charge on any atom is -0.298 e. The van der Waals surface area contributed by atoms with Gasteiger partial charge in [-0.2, -0.15) is 5.10 Å². The molecule has 0 aliphatic heterocycles. The van der Waals surface area contributed by atoms with Crippen molar-refractivity contribution in [2.45, 2.75) is 13.5 Å². The number of likely N-dealkylation sites (N-methyl/N-ethyl adjacent to an activating group) is 1. The highest BCUT2D eigenvalue weighted by molar-refractivity contribution is 5.91. The molecule has 0 spiro atoms. The maximum atomic E-state index is 12.0. The highest BCUT2D eigenvalue weighted by Crippen LogP contribution is 2.09. The van der Waals surface area contributed by atoms with Crippen LogP contribution in [0.1, 0.15) is 5.56 Å². The normalized spacial score (nSPS) is 10.5. The summed E-state index contributed by atoms with van der Waals surface area (Å²) in [6, 6.07) is 3.63. The lowest BCUT2D eigenvalue weighted by Crippen LogP contribution is -2.35. The van der Waals surface area contributed by atoms with Crippen molar-refractivity contribution in [3.8, 4) is 0 Å². The van der Waals surface area contributed by atoms with Crippen LogP contribution in [0.3, 0.4) is 0 Å². The Morgan fingerprint density at radius 1 is 1.42 bits per heavy atom. The quantitative estimate of drug-likeness (QED) is 0.776. The second-order valence-electron chi connectivity index (χ2n) is 4.33. The van der Waals surface area contributed by atoms with E-state index in [4.69, 9.17) is 0 Å². The van der Waals surface area contributed by atoms with E-state index in [1.54, 1.807) is 26.4 Å². The van der Waals surface area contributed by atoms with Crippen LogP contribution in [0.4, 0.5) is 5.82 Å². The molecule has 0 aliphatic rings. The standard InChI is InChI=1S/C12H15N5O2/c1-9-4-5-10(13-6-9)16(3)11(18)7-17-12(19)15(2)8-14-17/h4-6,8H,7H2,1-3H3. The predicted octanol–water partition coefficient (Wildman–Crippen LogP) is -0.0518. The molecular weight excluding hydrogens is 246 g/mol. The van der Waals surface area contributed by atoms with Gasteiger partial charge in [-0.1, -0.05) is 6.07 Å². The zero-order valence-electron chi connectivity index (χ0n) is 11.1. The first-order valence-corrected chi connectivity index (χ1v) is 5.76. The minimum atomic E-state index is -0.321. The average Bonchev–Trinajstić information content (AvgIpc) is 2.71. The highest BCUT2D eigenvalue weighted by atomic mass is 16.2. The van der Waals surface area contributed by atoms with Gasteiger partial charge in [0.1, 0.15) is 18.7 Å². The van der Waals surface area contributed by atoms with Gasteiger partial charge in [-0.3, -0.25) is 14.3 Å². The molecule has 2 heterocycles. The summed E-state index contributed by atoms with van der Waals surface area (Å²) in [6.07, 6.45) is 3.06. The summed E-state index contributed by atoms with van der Waals surface area (Å²) in [6.45, 7) is 1.82. The Balaban J connectivity index is 2.14. The van der Waals surface area contributed by atoms with Crippen LogP contribution in [0.2, 0.25) is 0 Å². The molecule has 0 N–H and O–H groups in total. The largest absolute Gasteiger partial charge is 0.345 e. The van der Waals surface area contributed by atoms with E-state index in [0.29, 0.717) is 5.82 Å². The van der Waals surface area contributed by atoms with Crippen molar-refractivity contribution in [1.82, 2.24) is 19.3 Å². The van der Waals surface area contributed by atoms with Crippen molar-refractivity contribution in [1.29, 1.82) is 0 Å². The average molecular weight is 261 g/mol. The van der Waals surface area contributed by atoms with Gasteiger partial charge >= 0.3 is 5.69 Å². The number of carbonyl (C=O) groups excluding carboxylic acids is 1. The van der Waals surface area contributed by atoms with E-state index in [9.17, 15) is 9.59 Å². The molecule has 0 atom stereocenters. The van der Waals surface area contributed by atoms with Gasteiger partial charge in [0.25, 0.3) is 0 Å². The van der Waals surface area contributed by atoms with Crippen molar-refractivity contribution in [2.75, 3.05) is 11.9 Å². The molecule has 0 saturated carbocycles. The van der Waals surface area contributed by atoms with Crippen LogP contribution in [0.25, 0.3) is 0 Å². The fourth-order valence-electron chi connectivity index (χ4n) is 1.55. The Morgan fingerprint density at radius 2 is 2.16 bits per heavy atom. The van der Waals surface area contributed by atoms with E-state index in [0.717, 1.165) is 10.2 Å². The first-order chi connectivity index (χ1) is 8.99. The molecular formula is C12H15N5O2. The number of hydrogen-bond acceptors (Lipinski definition) is 4. The second-order valence-corrected chi connectivity index (χ2v) is 4.33. The van der Waals surface area contributed by atoms with Crippen molar-refractivity contribution >= 4 is 11.7 Å². The van der Waals surface area contributed by atoms with Gasteiger partial charge in [0.05, 0.1) is 0 Å². The third-order valence-corrected chi connectivity index (χ3v) is 2.79. The molecule has 7 heteroatoms. The van der Waals surface area contributed by atoms with Gasteiger partial charge in [-0.15, -0.1) is 0 Å². The molecule has 0 fully saturated rings. The smallest absolute Gasteiger partial charge is 0.298 e. The Hall–Kier alpha value is -2.44. The number of anilines is 1. The predicted molar refractivity (Wildman–Crippen MR) is 69.9 cm³/mol. The summed E-state index contributed by atoms with van der Waals surface area (Å²) < 4.78 is 2.43. The van der Waals surface area contributed by atoms with Crippen LogP contribution in [0, 0.1) is 6.92 Å². The molecule has 2 rings (SSSR count). The van der Waals surface area contributed by atoms with Crippen molar-refractivity contribution in [3.63, 3.8) is 0 Å². The lowest BCUT2D eigenvalue weighted by atomic mass is 10.3. The van der Waals surface area contributed by atoms with Crippen LogP contribution in [0.15, 0.2) is 29.5 Å². The summed E-state index contributed by atoms with van der Waals surface area (Å²) in [4.78, 5) is 29.2. The Bertz CT molecular complexity index is 641. The van der Waals surface area contributed by atoms with Crippen LogP contribution >= 0.6 is 0 Å². The van der Waals surface area contributed by atoms with E-state index in [1.165, 1.54) is 15.8 Å². The third kappa shape index (κ3) is 2.70. The number of carbonyl (C=O) groups is 1. The van der Waals surface area contributed by atoms with Gasteiger partial charge in [-0.25, -0.2) is 14.5 Å². The lowest BCUT2D eigenvalue weighted by molar-refractivity contribution is -0.119. The molecule has 7 nitrogen and oxygen atoms in total. The number of rotatable bonds is 3. The van der Waals surface area contributed by atoms with Crippen LogP contribution in [-0.4, -0.2) is 32.3 Å². The second kappa shape index (κ2) is 5.05. The van der Waals surface area contributed by atoms with Crippen LogP contribution in [-0.2, 0) is 18.4 Å². The first kappa shape index (κ1) is 13.0. The lowest BCUT2D eigenvalue weighted by Gasteiger charge is -2.15. The van der Waals surface area contributed by atoms with Crippen LogP contribution < -0.4 is 10.6 Å². The number of amides is 1. The summed E-state index contributed by atoms with van der Waals surface area (Å²) in [5, 5.41) is 3.84. The Morgan fingerprint density at radius 3 is 2.68 bits per heavy atom. The molecule has 19 heavy (non-hydrogen) atoms. The maximum absolute atomic E-state index is 12.0. The van der Waals surface area contributed by atoms with E-state index in [1.807, 2.05) is 13.0 Å². The number of nitrogens with zero attached hydrogens (tertiary/aromatic N) is 5. The topological polar surface area (TPSA) is 73.0 Å². The van der Waals surface area contributed by atoms with E-state index in [2.05, 4.69) is 10.1 Å². The van der Waals surface area contributed by atoms with E-state index < -0.39 is 0 Å². The molecule has 1 amide bonds. The summed E-state index contributed by atoms with van der Waals surface area (Å²) in [5.74, 6) is 0.289. The van der Waals surface area contributed by atoms with Gasteiger partial charge in [0.2, 0.25) is 5.91 Å². The molecule has 100 valence electrons. The fourth-order valence-corrected chi connectivity index (χ4v) is 1.55. The molecule has 2 aromatic heterocycles. The maximum Gasteiger partial charge on any atom is 0.345 e. The van der Waals surface area contributed by atoms with E-state index >= 15 is 0 Å². The van der Waals surface area contributed by atoms with Gasteiger partial charge in [-0.05, 0) is 18.6 Å². The number of aryl methyl sites for hydroxylation is 2. The molecule has 0 aliphatic carbocycles. The zero-order chi connectivity index (χ0) is 14.0. The molecule has 0 bridgehead atoms. The Labute approximate surface area is 110 Å². The third-order valence-electron chi connectivity index (χ3n) is 2.79. The van der Waals surface area contributed by atoms with Crippen molar-refractivity contribution < 1.29 is 4.79 Å². The molecule has 0 unspecified atom stereocenters. The number of aromatic nitrogens is 4. The van der Waals surface area contributed by atoms with Crippen molar-refractivity contribution in [2.24, 2.45) is 7.05 Å². The molecule has 0 radical (unpaired) electrons. The SMILES string of the molecule is Cc1ccc(N(C)C(=O)Cn2ncn(C)c2=O)nc1. The number of pyridine rings is 1. The molecule has 0 saturated heterocycles. The summed E-state index contributed by atoms with van der Waals surface area (Å²) in [5.41, 5.74) is 0.698. The minimum absolute atomic E-state index is 0.105. The molecule has 0 aromatic carbocycles. The summed E-state index contributed by atoms with van der Waals surface area (Å²) in [7, 11) is 3.20. The zero-order valence-corrected chi connectivity index (χ0v) is 11.1. The van der Waals surface area contributed by atoms with Gasteiger partial charge in [0.15, 0.2) is 0 Å². The van der Waals surface area contributed by atoms with Crippen LogP contribution in [0.5, 0.6) is 0 Å². The number of hydrogen-bond donors (Lipinski definition) is 0.